The molecular weight excluding hydrogens is 528 g/mol. The minimum absolute atomic E-state index is 0.237. The number of hydrogen-bond donors (Lipinski definition) is 1. The van der Waals surface area contributed by atoms with Gasteiger partial charge in [0.2, 0.25) is 0 Å². The maximum Gasteiger partial charge on any atom is 0.310 e. The monoisotopic (exact) mass is 568 g/mol. The molecule has 2 aliphatic rings. The van der Waals surface area contributed by atoms with Crippen molar-refractivity contribution in [3.63, 3.8) is 0 Å². The minimum atomic E-state index is -1.04. The van der Waals surface area contributed by atoms with Crippen molar-refractivity contribution in [1.29, 1.82) is 0 Å². The summed E-state index contributed by atoms with van der Waals surface area (Å²) in [6.45, 7) is 13.6. The SMILES string of the molecule is C=O.Cc1c(C(c2ccc3c(c2)C(N2Cc4ccccc4OC(C)(C)C2)CC3)C(C)(C)C(=O)O)ccc2c1nnn2C. The summed E-state index contributed by atoms with van der Waals surface area (Å²) >= 11 is 0. The number of carbonyl (C=O) groups excluding carboxylic acids is 1. The van der Waals surface area contributed by atoms with E-state index in [-0.39, 0.29) is 17.6 Å². The molecule has 1 aromatic heterocycles. The normalized spacial score (nSPS) is 18.7. The Labute approximate surface area is 247 Å². The predicted octanol–water partition coefficient (Wildman–Crippen LogP) is 6.00. The lowest BCUT2D eigenvalue weighted by Gasteiger charge is -2.35. The third-order valence-electron chi connectivity index (χ3n) is 8.97. The van der Waals surface area contributed by atoms with E-state index in [1.54, 1.807) is 4.68 Å². The number of aliphatic carboxylic acids is 1. The topological polar surface area (TPSA) is 97.6 Å². The van der Waals surface area contributed by atoms with Crippen LogP contribution in [0.2, 0.25) is 0 Å². The molecule has 0 fully saturated rings. The van der Waals surface area contributed by atoms with Crippen LogP contribution in [-0.4, -0.2) is 49.9 Å². The first-order chi connectivity index (χ1) is 20.0. The van der Waals surface area contributed by atoms with Crippen LogP contribution < -0.4 is 4.74 Å². The molecule has 1 aliphatic heterocycles. The van der Waals surface area contributed by atoms with E-state index in [4.69, 9.17) is 9.53 Å². The Bertz CT molecular complexity index is 1640. The number of nitrogens with zero attached hydrogens (tertiary/aromatic N) is 4. The number of aromatic nitrogens is 3. The summed E-state index contributed by atoms with van der Waals surface area (Å²) in [6, 6.07) is 19.3. The Kier molecular flexibility index (Phi) is 7.70. The summed E-state index contributed by atoms with van der Waals surface area (Å²) in [5.41, 5.74) is 7.22. The zero-order valence-corrected chi connectivity index (χ0v) is 25.3. The van der Waals surface area contributed by atoms with Gasteiger partial charge in [-0.25, -0.2) is 4.68 Å². The highest BCUT2D eigenvalue weighted by atomic mass is 16.5. The molecule has 2 unspecified atom stereocenters. The smallest absolute Gasteiger partial charge is 0.310 e. The maximum atomic E-state index is 12.7. The Morgan fingerprint density at radius 3 is 2.60 bits per heavy atom. The molecule has 3 aromatic carbocycles. The van der Waals surface area contributed by atoms with Crippen LogP contribution in [0.4, 0.5) is 0 Å². The van der Waals surface area contributed by atoms with E-state index < -0.39 is 11.4 Å². The van der Waals surface area contributed by atoms with Crippen molar-refractivity contribution in [1.82, 2.24) is 19.9 Å². The van der Waals surface area contributed by atoms with E-state index >= 15 is 0 Å². The summed E-state index contributed by atoms with van der Waals surface area (Å²) < 4.78 is 8.20. The summed E-state index contributed by atoms with van der Waals surface area (Å²) in [5.74, 6) is -0.219. The van der Waals surface area contributed by atoms with E-state index in [9.17, 15) is 9.90 Å². The van der Waals surface area contributed by atoms with E-state index in [1.807, 2.05) is 46.7 Å². The molecule has 1 N–H and O–H groups in total. The van der Waals surface area contributed by atoms with Crippen molar-refractivity contribution in [2.45, 2.75) is 71.6 Å². The number of rotatable bonds is 5. The first-order valence-electron chi connectivity index (χ1n) is 14.4. The Morgan fingerprint density at radius 2 is 1.86 bits per heavy atom. The molecule has 2 atom stereocenters. The first-order valence-corrected chi connectivity index (χ1v) is 14.4. The van der Waals surface area contributed by atoms with E-state index in [1.165, 1.54) is 16.7 Å². The van der Waals surface area contributed by atoms with Gasteiger partial charge >= 0.3 is 5.97 Å². The fourth-order valence-corrected chi connectivity index (χ4v) is 6.88. The number of ether oxygens (including phenoxy) is 1. The van der Waals surface area contributed by atoms with Crippen molar-refractivity contribution >= 4 is 23.8 Å². The van der Waals surface area contributed by atoms with Gasteiger partial charge in [0.05, 0.1) is 10.9 Å². The molecule has 0 spiro atoms. The fraction of sp³-hybridized carbons (Fsp3) is 0.412. The number of carboxylic acid groups (broad SMARTS) is 1. The van der Waals surface area contributed by atoms with Crippen molar-refractivity contribution in [2.75, 3.05) is 6.54 Å². The minimum Gasteiger partial charge on any atom is -0.486 e. The number of benzene rings is 3. The maximum absolute atomic E-state index is 12.7. The van der Waals surface area contributed by atoms with E-state index in [0.717, 1.165) is 59.4 Å². The molecule has 1 aliphatic carbocycles. The van der Waals surface area contributed by atoms with Gasteiger partial charge in [0.15, 0.2) is 0 Å². The molecule has 0 radical (unpaired) electrons. The average molecular weight is 569 g/mol. The first kappa shape index (κ1) is 29.5. The third kappa shape index (κ3) is 5.09. The highest BCUT2D eigenvalue weighted by molar-refractivity contribution is 5.81. The molecule has 4 aromatic rings. The summed E-state index contributed by atoms with van der Waals surface area (Å²) in [5, 5.41) is 19.0. The van der Waals surface area contributed by atoms with Crippen molar-refractivity contribution in [3.05, 3.63) is 88.0 Å². The third-order valence-corrected chi connectivity index (χ3v) is 8.97. The lowest BCUT2D eigenvalue weighted by Crippen LogP contribution is -2.41. The molecule has 0 saturated heterocycles. The number of fused-ring (bicyclic) bond motifs is 3. The summed E-state index contributed by atoms with van der Waals surface area (Å²) in [4.78, 5) is 23.3. The van der Waals surface area contributed by atoms with Crippen molar-refractivity contribution in [3.8, 4) is 5.75 Å². The lowest BCUT2D eigenvalue weighted by atomic mass is 9.69. The Hall–Kier alpha value is -4.04. The number of carboxylic acids is 1. The van der Waals surface area contributed by atoms with Gasteiger partial charge in [-0.05, 0) is 87.4 Å². The van der Waals surface area contributed by atoms with Gasteiger partial charge < -0.3 is 14.6 Å². The van der Waals surface area contributed by atoms with Gasteiger partial charge in [-0.2, -0.15) is 0 Å². The fourth-order valence-electron chi connectivity index (χ4n) is 6.88. The van der Waals surface area contributed by atoms with Crippen molar-refractivity contribution < 1.29 is 19.4 Å². The standard InChI is InChI=1S/C33H38N4O3.CH2O/c1-20-24(14-16-27-30(20)34-35-36(27)6)29(33(4,5)31(38)39)22-12-11-21-13-15-26(25(21)17-22)37-18-23-9-7-8-10-28(23)40-32(2,3)19-37;1-2/h7-12,14,16-17,26,29H,13,15,18-19H2,1-6H3,(H,38,39);1H2. The second-order valence-electron chi connectivity index (χ2n) is 12.7. The van der Waals surface area contributed by atoms with Crippen LogP contribution in [0, 0.1) is 12.3 Å². The van der Waals surface area contributed by atoms with Crippen LogP contribution in [0.5, 0.6) is 5.75 Å². The van der Waals surface area contributed by atoms with Crippen LogP contribution in [0.3, 0.4) is 0 Å². The molecular formula is C34H40N4O4. The van der Waals surface area contributed by atoms with Crippen LogP contribution in [0.15, 0.2) is 54.6 Å². The number of carbonyl (C=O) groups is 2. The van der Waals surface area contributed by atoms with Crippen LogP contribution in [0.1, 0.15) is 79.5 Å². The highest BCUT2D eigenvalue weighted by Gasteiger charge is 2.42. The molecule has 0 bridgehead atoms. The number of hydrogen-bond acceptors (Lipinski definition) is 6. The number of para-hydroxylation sites is 1. The Balaban J connectivity index is 0.00000173. The van der Waals surface area contributed by atoms with Crippen molar-refractivity contribution in [2.24, 2.45) is 12.5 Å². The molecule has 220 valence electrons. The second-order valence-corrected chi connectivity index (χ2v) is 12.7. The number of aryl methyl sites for hydroxylation is 3. The molecule has 0 amide bonds. The largest absolute Gasteiger partial charge is 0.486 e. The van der Waals surface area contributed by atoms with Gasteiger partial charge in [-0.1, -0.05) is 47.7 Å². The van der Waals surface area contributed by atoms with Crippen LogP contribution in [0.25, 0.3) is 11.0 Å². The molecule has 2 heterocycles. The molecule has 42 heavy (non-hydrogen) atoms. The summed E-state index contributed by atoms with van der Waals surface area (Å²) in [7, 11) is 1.88. The quantitative estimate of drug-likeness (QED) is 0.316. The van der Waals surface area contributed by atoms with Gasteiger partial charge in [0, 0.05) is 37.7 Å². The average Bonchev–Trinajstić information content (AvgIpc) is 3.51. The molecule has 8 heteroatoms. The van der Waals surface area contributed by atoms with E-state index in [2.05, 4.69) is 71.5 Å². The second kappa shape index (κ2) is 11.0. The van der Waals surface area contributed by atoms with Crippen LogP contribution >= 0.6 is 0 Å². The van der Waals surface area contributed by atoms with Gasteiger partial charge in [0.25, 0.3) is 0 Å². The van der Waals surface area contributed by atoms with Gasteiger partial charge in [-0.3, -0.25) is 9.69 Å². The molecule has 6 rings (SSSR count). The zero-order valence-electron chi connectivity index (χ0n) is 25.3. The molecule has 0 saturated carbocycles. The van der Waals surface area contributed by atoms with Crippen LogP contribution in [-0.2, 0) is 29.6 Å². The van der Waals surface area contributed by atoms with E-state index in [0.29, 0.717) is 0 Å². The predicted molar refractivity (Wildman–Crippen MR) is 163 cm³/mol. The molecule has 8 nitrogen and oxygen atoms in total. The Morgan fingerprint density at radius 1 is 1.12 bits per heavy atom. The highest BCUT2D eigenvalue weighted by Crippen LogP contribution is 2.47. The lowest BCUT2D eigenvalue weighted by molar-refractivity contribution is -0.147. The van der Waals surface area contributed by atoms with Gasteiger partial charge in [-0.15, -0.1) is 5.10 Å². The zero-order chi connectivity index (χ0) is 30.4. The van der Waals surface area contributed by atoms with Gasteiger partial charge in [0.1, 0.15) is 23.7 Å². The summed E-state index contributed by atoms with van der Waals surface area (Å²) in [6.07, 6.45) is 2.05.